The van der Waals surface area contributed by atoms with Crippen molar-refractivity contribution in [2.24, 2.45) is 5.92 Å². The molecule has 0 amide bonds. The van der Waals surface area contributed by atoms with Gasteiger partial charge >= 0.3 is 0 Å². The summed E-state index contributed by atoms with van der Waals surface area (Å²) < 4.78 is 0. The van der Waals surface area contributed by atoms with Gasteiger partial charge in [-0.25, -0.2) is 0 Å². The lowest BCUT2D eigenvalue weighted by Crippen LogP contribution is -2.06. The van der Waals surface area contributed by atoms with Crippen molar-refractivity contribution in [1.29, 1.82) is 0 Å². The molecule has 1 heteroatoms. The van der Waals surface area contributed by atoms with Crippen LogP contribution in [0.3, 0.4) is 0 Å². The third kappa shape index (κ3) is 3.61. The maximum absolute atomic E-state index is 2.37. The Bertz CT molecular complexity index is 1070. The van der Waals surface area contributed by atoms with Gasteiger partial charge in [-0.05, 0) is 57.8 Å². The van der Waals surface area contributed by atoms with Crippen LogP contribution in [0.5, 0.6) is 0 Å². The van der Waals surface area contributed by atoms with Gasteiger partial charge in [0, 0.05) is 10.4 Å². The Balaban J connectivity index is 2.02. The Kier molecular flexibility index (Phi) is 5.82. The van der Waals surface area contributed by atoms with E-state index in [1.54, 1.807) is 5.56 Å². The monoisotopic (exact) mass is 386 g/mol. The van der Waals surface area contributed by atoms with Crippen LogP contribution in [-0.2, 0) is 6.42 Å². The van der Waals surface area contributed by atoms with Crippen LogP contribution in [-0.4, -0.2) is 0 Å². The average Bonchev–Trinajstić information content (AvgIpc) is 3.25. The van der Waals surface area contributed by atoms with Crippen molar-refractivity contribution < 1.29 is 0 Å². The molecule has 3 aromatic carbocycles. The van der Waals surface area contributed by atoms with Crippen molar-refractivity contribution in [2.45, 2.75) is 52.9 Å². The minimum Gasteiger partial charge on any atom is -0.144 e. The molecule has 1 heterocycles. The van der Waals surface area contributed by atoms with E-state index in [9.17, 15) is 0 Å². The number of hydrogen-bond donors (Lipinski definition) is 0. The minimum absolute atomic E-state index is 0.755. The van der Waals surface area contributed by atoms with E-state index in [2.05, 4.69) is 80.7 Å². The second-order valence-electron chi connectivity index (χ2n) is 8.05. The van der Waals surface area contributed by atoms with E-state index in [1.807, 2.05) is 11.3 Å². The summed E-state index contributed by atoms with van der Waals surface area (Å²) in [4.78, 5) is 1.40. The molecular formula is C27H30S. The molecule has 1 aromatic heterocycles. The molecule has 0 aliphatic carbocycles. The van der Waals surface area contributed by atoms with Gasteiger partial charge in [0.15, 0.2) is 0 Å². The first-order valence-corrected chi connectivity index (χ1v) is 11.6. The van der Waals surface area contributed by atoms with E-state index < -0.39 is 0 Å². The Morgan fingerprint density at radius 2 is 1.68 bits per heavy atom. The first-order chi connectivity index (χ1) is 13.7. The molecule has 28 heavy (non-hydrogen) atoms. The molecule has 0 saturated carbocycles. The third-order valence-electron chi connectivity index (χ3n) is 6.09. The molecule has 144 valence electrons. The molecule has 0 N–H and O–H groups in total. The average molecular weight is 387 g/mol. The van der Waals surface area contributed by atoms with Crippen LogP contribution in [0.2, 0.25) is 0 Å². The zero-order chi connectivity index (χ0) is 19.5. The lowest BCUT2D eigenvalue weighted by molar-refractivity contribution is 0.451. The van der Waals surface area contributed by atoms with Crippen molar-refractivity contribution in [3.05, 3.63) is 71.1 Å². The summed E-state index contributed by atoms with van der Waals surface area (Å²) in [7, 11) is 0. The molecular weight excluding hydrogens is 356 g/mol. The summed E-state index contributed by atoms with van der Waals surface area (Å²) in [5.41, 5.74) is 4.35. The van der Waals surface area contributed by atoms with Gasteiger partial charge in [-0.2, -0.15) is 0 Å². The fourth-order valence-corrected chi connectivity index (χ4v) is 5.34. The highest BCUT2D eigenvalue weighted by atomic mass is 32.1. The number of fused-ring (bicyclic) bond motifs is 3. The maximum Gasteiger partial charge on any atom is 0.0351 e. The van der Waals surface area contributed by atoms with Crippen LogP contribution in [0, 0.1) is 12.8 Å². The first kappa shape index (κ1) is 19.2. The smallest absolute Gasteiger partial charge is 0.0351 e. The minimum atomic E-state index is 0.755. The molecule has 0 radical (unpaired) electrons. The van der Waals surface area contributed by atoms with Gasteiger partial charge in [0.1, 0.15) is 0 Å². The summed E-state index contributed by atoms with van der Waals surface area (Å²) in [5, 5.41) is 7.86. The molecule has 0 nitrogen and oxygen atoms in total. The summed E-state index contributed by atoms with van der Waals surface area (Å²) in [5.74, 6) is 0.755. The van der Waals surface area contributed by atoms with E-state index in [0.29, 0.717) is 0 Å². The Labute approximate surface area is 173 Å². The van der Waals surface area contributed by atoms with Gasteiger partial charge in [0.2, 0.25) is 0 Å². The van der Waals surface area contributed by atoms with E-state index in [1.165, 1.54) is 69.7 Å². The zero-order valence-corrected chi connectivity index (χ0v) is 18.1. The first-order valence-electron chi connectivity index (χ1n) is 10.7. The van der Waals surface area contributed by atoms with Gasteiger partial charge < -0.3 is 0 Å². The fraction of sp³-hybridized carbons (Fsp3) is 0.333. The third-order valence-corrected chi connectivity index (χ3v) is 6.98. The standard InChI is InChI=1S/C27H30S/c1-4-6-10-20(5-2)18-25-22-12-8-7-11-21(22)24-17-19(3)14-15-23(24)27(25)26-13-9-16-28-26/h7-9,11-17,20H,4-6,10,18H2,1-3H3. The van der Waals surface area contributed by atoms with E-state index in [-0.39, 0.29) is 0 Å². The highest BCUT2D eigenvalue weighted by Gasteiger charge is 2.19. The normalized spacial score (nSPS) is 12.7. The molecule has 4 aromatic rings. The van der Waals surface area contributed by atoms with E-state index in [4.69, 9.17) is 0 Å². The topological polar surface area (TPSA) is 0 Å². The van der Waals surface area contributed by atoms with Crippen molar-refractivity contribution >= 4 is 32.9 Å². The predicted molar refractivity (Wildman–Crippen MR) is 127 cm³/mol. The number of rotatable bonds is 7. The predicted octanol–water partition coefficient (Wildman–Crippen LogP) is 8.79. The molecule has 1 atom stereocenters. The van der Waals surface area contributed by atoms with Crippen LogP contribution < -0.4 is 0 Å². The van der Waals surface area contributed by atoms with Gasteiger partial charge in [0.25, 0.3) is 0 Å². The van der Waals surface area contributed by atoms with Crippen LogP contribution in [0.15, 0.2) is 60.0 Å². The van der Waals surface area contributed by atoms with Gasteiger partial charge in [0.05, 0.1) is 0 Å². The molecule has 0 bridgehead atoms. The summed E-state index contributed by atoms with van der Waals surface area (Å²) >= 11 is 1.87. The van der Waals surface area contributed by atoms with Gasteiger partial charge in [-0.3, -0.25) is 0 Å². The highest BCUT2D eigenvalue weighted by molar-refractivity contribution is 7.13. The number of hydrogen-bond acceptors (Lipinski definition) is 1. The summed E-state index contributed by atoms with van der Waals surface area (Å²) in [6, 6.07) is 20.5. The lowest BCUT2D eigenvalue weighted by Gasteiger charge is -2.21. The lowest BCUT2D eigenvalue weighted by atomic mass is 9.83. The molecule has 0 spiro atoms. The summed E-state index contributed by atoms with van der Waals surface area (Å²) in [6.45, 7) is 6.86. The second kappa shape index (κ2) is 8.49. The number of aryl methyl sites for hydroxylation is 1. The molecule has 1 unspecified atom stereocenters. The van der Waals surface area contributed by atoms with Gasteiger partial charge in [-0.15, -0.1) is 11.3 Å². The van der Waals surface area contributed by atoms with Crippen LogP contribution >= 0.6 is 11.3 Å². The van der Waals surface area contributed by atoms with Crippen LogP contribution in [0.25, 0.3) is 32.0 Å². The van der Waals surface area contributed by atoms with Crippen molar-refractivity contribution in [2.75, 3.05) is 0 Å². The second-order valence-corrected chi connectivity index (χ2v) is 8.99. The molecule has 0 aliphatic rings. The van der Waals surface area contributed by atoms with Crippen LogP contribution in [0.1, 0.15) is 50.7 Å². The Morgan fingerprint density at radius 3 is 2.39 bits per heavy atom. The highest BCUT2D eigenvalue weighted by Crippen LogP contribution is 2.42. The molecule has 0 fully saturated rings. The quantitative estimate of drug-likeness (QED) is 0.278. The van der Waals surface area contributed by atoms with Crippen molar-refractivity contribution in [3.8, 4) is 10.4 Å². The van der Waals surface area contributed by atoms with Crippen molar-refractivity contribution in [3.63, 3.8) is 0 Å². The Hall–Kier alpha value is -2.12. The number of benzene rings is 3. The maximum atomic E-state index is 2.37. The van der Waals surface area contributed by atoms with Gasteiger partial charge in [-0.1, -0.05) is 93.6 Å². The molecule has 0 saturated heterocycles. The number of thiophene rings is 1. The summed E-state index contributed by atoms with van der Waals surface area (Å²) in [6.07, 6.45) is 6.37. The number of unbranched alkanes of at least 4 members (excludes halogenated alkanes) is 1. The van der Waals surface area contributed by atoms with E-state index >= 15 is 0 Å². The Morgan fingerprint density at radius 1 is 0.857 bits per heavy atom. The zero-order valence-electron chi connectivity index (χ0n) is 17.3. The van der Waals surface area contributed by atoms with E-state index in [0.717, 1.165) is 5.92 Å². The largest absolute Gasteiger partial charge is 0.144 e. The van der Waals surface area contributed by atoms with Crippen LogP contribution in [0.4, 0.5) is 0 Å². The fourth-order valence-electron chi connectivity index (χ4n) is 4.52. The van der Waals surface area contributed by atoms with Crippen molar-refractivity contribution in [1.82, 2.24) is 0 Å². The molecule has 4 rings (SSSR count). The molecule has 0 aliphatic heterocycles. The SMILES string of the molecule is CCCCC(CC)Cc1c(-c2cccs2)c2ccc(C)cc2c2ccccc12.